The summed E-state index contributed by atoms with van der Waals surface area (Å²) >= 11 is 0. The Kier molecular flexibility index (Phi) is 2.83. The minimum atomic E-state index is -0.169. The lowest BCUT2D eigenvalue weighted by Gasteiger charge is -2.13. The Hall–Kier alpha value is -1.55. The van der Waals surface area contributed by atoms with Crippen LogP contribution in [0.4, 0.5) is 5.69 Å². The predicted octanol–water partition coefficient (Wildman–Crippen LogP) is 0.771. The first kappa shape index (κ1) is 11.0. The van der Waals surface area contributed by atoms with Gasteiger partial charge in [-0.2, -0.15) is 0 Å². The summed E-state index contributed by atoms with van der Waals surface area (Å²) < 4.78 is 0. The van der Waals surface area contributed by atoms with Gasteiger partial charge in [0, 0.05) is 17.6 Å². The minimum Gasteiger partial charge on any atom is -0.398 e. The molecule has 16 heavy (non-hydrogen) atoms. The topological polar surface area (TPSA) is 75.4 Å². The van der Waals surface area contributed by atoms with Crippen LogP contribution in [-0.2, 0) is 0 Å². The van der Waals surface area contributed by atoms with E-state index < -0.39 is 0 Å². The van der Waals surface area contributed by atoms with Crippen molar-refractivity contribution in [2.75, 3.05) is 18.9 Å². The van der Waals surface area contributed by atoms with E-state index in [9.17, 15) is 4.79 Å². The van der Waals surface area contributed by atoms with Gasteiger partial charge in [-0.15, -0.1) is 0 Å². The van der Waals surface area contributed by atoms with Crippen molar-refractivity contribution in [3.8, 4) is 0 Å². The second kappa shape index (κ2) is 4.14. The summed E-state index contributed by atoms with van der Waals surface area (Å²) in [6.07, 6.45) is 1.96. The van der Waals surface area contributed by atoms with Crippen molar-refractivity contribution in [3.63, 3.8) is 0 Å². The van der Waals surface area contributed by atoms with Crippen molar-refractivity contribution in [1.29, 1.82) is 0 Å². The van der Waals surface area contributed by atoms with Crippen molar-refractivity contribution in [1.82, 2.24) is 5.32 Å². The van der Waals surface area contributed by atoms with Crippen LogP contribution in [0.2, 0.25) is 0 Å². The number of carbonyl (C=O) groups is 1. The second-order valence-electron chi connectivity index (χ2n) is 4.43. The molecule has 1 fully saturated rings. The van der Waals surface area contributed by atoms with Crippen LogP contribution >= 0.6 is 0 Å². The number of nitrogen functional groups attached to an aromatic ring is 1. The molecule has 0 aromatic heterocycles. The van der Waals surface area contributed by atoms with Gasteiger partial charge < -0.3 is 16.2 Å². The number of nitrogens with two attached hydrogens (primary N) is 1. The summed E-state index contributed by atoms with van der Waals surface area (Å²) in [7, 11) is 0. The molecule has 4 nitrogen and oxygen atoms in total. The van der Waals surface area contributed by atoms with Crippen molar-refractivity contribution in [3.05, 3.63) is 29.8 Å². The molecule has 0 unspecified atom stereocenters. The van der Waals surface area contributed by atoms with Crippen molar-refractivity contribution < 1.29 is 9.90 Å². The molecule has 1 saturated carbocycles. The maximum Gasteiger partial charge on any atom is 0.253 e. The monoisotopic (exact) mass is 220 g/mol. The van der Waals surface area contributed by atoms with Crippen LogP contribution in [0.5, 0.6) is 0 Å². The van der Waals surface area contributed by atoms with Crippen molar-refractivity contribution in [2.45, 2.75) is 12.8 Å². The largest absolute Gasteiger partial charge is 0.398 e. The van der Waals surface area contributed by atoms with Gasteiger partial charge in [-0.05, 0) is 25.0 Å². The fourth-order valence-corrected chi connectivity index (χ4v) is 1.63. The highest BCUT2D eigenvalue weighted by atomic mass is 16.3. The maximum absolute atomic E-state index is 11.8. The smallest absolute Gasteiger partial charge is 0.253 e. The van der Waals surface area contributed by atoms with Crippen LogP contribution in [0.15, 0.2) is 24.3 Å². The normalized spacial score (nSPS) is 16.8. The number of carbonyl (C=O) groups excluding carboxylic acids is 1. The Morgan fingerprint density at radius 3 is 2.69 bits per heavy atom. The van der Waals surface area contributed by atoms with Gasteiger partial charge in [0.1, 0.15) is 0 Å². The Labute approximate surface area is 94.5 Å². The number of para-hydroxylation sites is 1. The van der Waals surface area contributed by atoms with Crippen LogP contribution in [0.1, 0.15) is 23.2 Å². The van der Waals surface area contributed by atoms with E-state index in [0.717, 1.165) is 12.8 Å². The molecule has 0 spiro atoms. The van der Waals surface area contributed by atoms with Crippen LogP contribution < -0.4 is 11.1 Å². The molecule has 1 aliphatic carbocycles. The lowest BCUT2D eigenvalue weighted by Crippen LogP contribution is -2.32. The molecule has 0 aliphatic heterocycles. The number of nitrogens with one attached hydrogen (secondary N) is 1. The van der Waals surface area contributed by atoms with E-state index in [4.69, 9.17) is 10.8 Å². The number of benzene rings is 1. The SMILES string of the molecule is Nc1ccccc1C(=O)NCC1(CO)CC1. The Morgan fingerprint density at radius 2 is 2.12 bits per heavy atom. The molecule has 4 N–H and O–H groups in total. The fourth-order valence-electron chi connectivity index (χ4n) is 1.63. The molecule has 0 heterocycles. The number of hydrogen-bond acceptors (Lipinski definition) is 3. The van der Waals surface area contributed by atoms with E-state index in [-0.39, 0.29) is 17.9 Å². The van der Waals surface area contributed by atoms with Crippen LogP contribution in [0, 0.1) is 5.41 Å². The molecular weight excluding hydrogens is 204 g/mol. The van der Waals surface area contributed by atoms with Gasteiger partial charge in [-0.1, -0.05) is 12.1 Å². The van der Waals surface area contributed by atoms with Gasteiger partial charge in [0.15, 0.2) is 0 Å². The first-order valence-electron chi connectivity index (χ1n) is 5.40. The molecule has 1 aromatic rings. The first-order chi connectivity index (χ1) is 7.67. The van der Waals surface area contributed by atoms with Gasteiger partial charge in [-0.3, -0.25) is 4.79 Å². The van der Waals surface area contributed by atoms with E-state index in [1.165, 1.54) is 0 Å². The molecule has 86 valence electrons. The Morgan fingerprint density at radius 1 is 1.44 bits per heavy atom. The van der Waals surface area contributed by atoms with Crippen molar-refractivity contribution in [2.24, 2.45) is 5.41 Å². The highest BCUT2D eigenvalue weighted by Gasteiger charge is 2.42. The zero-order valence-electron chi connectivity index (χ0n) is 9.07. The number of aliphatic hydroxyl groups is 1. The molecular formula is C12H16N2O2. The standard InChI is InChI=1S/C12H16N2O2/c13-10-4-2-1-3-9(10)11(16)14-7-12(8-15)5-6-12/h1-4,15H,5-8,13H2,(H,14,16). The third-order valence-electron chi connectivity index (χ3n) is 3.12. The fraction of sp³-hybridized carbons (Fsp3) is 0.417. The zero-order valence-corrected chi connectivity index (χ0v) is 9.07. The average molecular weight is 220 g/mol. The van der Waals surface area contributed by atoms with Gasteiger partial charge >= 0.3 is 0 Å². The number of amides is 1. The van der Waals surface area contributed by atoms with Crippen LogP contribution in [0.25, 0.3) is 0 Å². The number of anilines is 1. The van der Waals surface area contributed by atoms with E-state index in [1.54, 1.807) is 24.3 Å². The summed E-state index contributed by atoms with van der Waals surface area (Å²) in [5.74, 6) is -0.169. The second-order valence-corrected chi connectivity index (χ2v) is 4.43. The number of hydrogen-bond donors (Lipinski definition) is 3. The molecule has 0 atom stereocenters. The van der Waals surface area contributed by atoms with Gasteiger partial charge in [0.05, 0.1) is 12.2 Å². The summed E-state index contributed by atoms with van der Waals surface area (Å²) in [4.78, 5) is 11.8. The number of aliphatic hydroxyl groups excluding tert-OH is 1. The summed E-state index contributed by atoms with van der Waals surface area (Å²) in [6.45, 7) is 0.661. The van der Waals surface area contributed by atoms with E-state index >= 15 is 0 Å². The lowest BCUT2D eigenvalue weighted by molar-refractivity contribution is 0.0936. The Bertz CT molecular complexity index is 400. The van der Waals surface area contributed by atoms with Crippen LogP contribution in [0.3, 0.4) is 0 Å². The third-order valence-corrected chi connectivity index (χ3v) is 3.12. The molecule has 1 aromatic carbocycles. The van der Waals surface area contributed by atoms with E-state index in [0.29, 0.717) is 17.8 Å². The highest BCUT2D eigenvalue weighted by Crippen LogP contribution is 2.44. The molecule has 1 aliphatic rings. The summed E-state index contributed by atoms with van der Waals surface area (Å²) in [5.41, 5.74) is 6.61. The summed E-state index contributed by atoms with van der Waals surface area (Å²) in [6, 6.07) is 6.98. The molecule has 2 rings (SSSR count). The van der Waals surface area contributed by atoms with Gasteiger partial charge in [0.25, 0.3) is 5.91 Å². The van der Waals surface area contributed by atoms with Gasteiger partial charge in [0.2, 0.25) is 0 Å². The minimum absolute atomic E-state index is 0.0702. The molecule has 0 radical (unpaired) electrons. The first-order valence-corrected chi connectivity index (χ1v) is 5.40. The van der Waals surface area contributed by atoms with E-state index in [2.05, 4.69) is 5.32 Å². The number of rotatable bonds is 4. The predicted molar refractivity (Wildman–Crippen MR) is 61.9 cm³/mol. The molecule has 0 saturated heterocycles. The lowest BCUT2D eigenvalue weighted by atomic mass is 10.1. The molecule has 0 bridgehead atoms. The third kappa shape index (κ3) is 2.17. The highest BCUT2D eigenvalue weighted by molar-refractivity contribution is 5.99. The maximum atomic E-state index is 11.8. The van der Waals surface area contributed by atoms with Gasteiger partial charge in [-0.25, -0.2) is 0 Å². The molecule has 4 heteroatoms. The average Bonchev–Trinajstić information content (AvgIpc) is 3.07. The molecule has 1 amide bonds. The zero-order chi connectivity index (χ0) is 11.6. The summed E-state index contributed by atoms with van der Waals surface area (Å²) in [5, 5.41) is 11.9. The quantitative estimate of drug-likeness (QED) is 0.656. The Balaban J connectivity index is 1.96. The van der Waals surface area contributed by atoms with Crippen LogP contribution in [-0.4, -0.2) is 24.2 Å². The van der Waals surface area contributed by atoms with Crippen molar-refractivity contribution >= 4 is 11.6 Å². The van der Waals surface area contributed by atoms with E-state index in [1.807, 2.05) is 0 Å².